The van der Waals surface area contributed by atoms with Crippen LogP contribution in [-0.4, -0.2) is 40.0 Å². The third-order valence-corrected chi connectivity index (χ3v) is 5.56. The monoisotopic (exact) mass is 416 g/mol. The highest BCUT2D eigenvalue weighted by Crippen LogP contribution is 2.21. The molecule has 1 aromatic carbocycles. The van der Waals surface area contributed by atoms with E-state index in [1.807, 2.05) is 30.3 Å². The molecule has 0 radical (unpaired) electrons. The van der Waals surface area contributed by atoms with Gasteiger partial charge in [0, 0.05) is 29.9 Å². The smallest absolute Gasteiger partial charge is 0.225 e. The van der Waals surface area contributed by atoms with E-state index in [9.17, 15) is 9.59 Å². The highest BCUT2D eigenvalue weighted by molar-refractivity contribution is 6.30. The van der Waals surface area contributed by atoms with E-state index in [-0.39, 0.29) is 23.1 Å². The van der Waals surface area contributed by atoms with Gasteiger partial charge in [-0.1, -0.05) is 44.5 Å². The molecule has 2 aromatic rings. The molecule has 3 rings (SSSR count). The molecule has 0 saturated carbocycles. The van der Waals surface area contributed by atoms with Crippen LogP contribution in [0.4, 0.5) is 0 Å². The number of H-pyrrole nitrogens is 1. The zero-order valence-electron chi connectivity index (χ0n) is 17.3. The molecule has 1 aromatic heterocycles. The number of aromatic amines is 1. The number of carbonyl (C=O) groups excluding carboxylic acids is 2. The minimum Gasteiger partial charge on any atom is -0.350 e. The second-order valence-corrected chi connectivity index (χ2v) is 9.13. The van der Waals surface area contributed by atoms with Crippen molar-refractivity contribution in [1.29, 1.82) is 0 Å². The molecule has 1 saturated heterocycles. The summed E-state index contributed by atoms with van der Waals surface area (Å²) in [5.74, 6) is -0.0739. The first-order valence-electron chi connectivity index (χ1n) is 10.1. The van der Waals surface area contributed by atoms with Crippen molar-refractivity contribution in [3.63, 3.8) is 0 Å². The molecule has 2 N–H and O–H groups in total. The number of benzene rings is 1. The van der Waals surface area contributed by atoms with Gasteiger partial charge in [0.1, 0.15) is 0 Å². The molecule has 29 heavy (non-hydrogen) atoms. The lowest BCUT2D eigenvalue weighted by atomic mass is 9.92. The van der Waals surface area contributed by atoms with Crippen LogP contribution in [0.5, 0.6) is 0 Å². The Balaban J connectivity index is 1.51. The minimum atomic E-state index is -0.178. The second-order valence-electron chi connectivity index (χ2n) is 8.70. The number of halogens is 1. The summed E-state index contributed by atoms with van der Waals surface area (Å²) < 4.78 is 0. The van der Waals surface area contributed by atoms with Crippen LogP contribution < -0.4 is 5.32 Å². The van der Waals surface area contributed by atoms with E-state index in [2.05, 4.69) is 36.3 Å². The minimum absolute atomic E-state index is 0.0131. The fraction of sp³-hybridized carbons (Fsp3) is 0.500. The van der Waals surface area contributed by atoms with Gasteiger partial charge in [0.05, 0.1) is 23.9 Å². The number of nitrogens with one attached hydrogen (secondary N) is 2. The van der Waals surface area contributed by atoms with Crippen molar-refractivity contribution >= 4 is 23.4 Å². The van der Waals surface area contributed by atoms with Crippen LogP contribution in [0.3, 0.4) is 0 Å². The number of likely N-dealkylation sites (tertiary alicyclic amines) is 1. The van der Waals surface area contributed by atoms with E-state index < -0.39 is 0 Å². The number of nitrogens with zero attached hydrogens (tertiary/aromatic N) is 2. The zero-order chi connectivity index (χ0) is 21.0. The third kappa shape index (κ3) is 5.82. The second kappa shape index (κ2) is 8.99. The normalized spacial score (nSPS) is 17.4. The lowest BCUT2D eigenvalue weighted by Gasteiger charge is -2.32. The number of aromatic nitrogens is 2. The molecule has 0 bridgehead atoms. The quantitative estimate of drug-likeness (QED) is 0.756. The molecule has 0 aliphatic carbocycles. The first-order valence-corrected chi connectivity index (χ1v) is 10.4. The third-order valence-electron chi connectivity index (χ3n) is 5.31. The lowest BCUT2D eigenvalue weighted by molar-refractivity contribution is -0.138. The highest BCUT2D eigenvalue weighted by atomic mass is 35.5. The van der Waals surface area contributed by atoms with Crippen LogP contribution in [0.2, 0.25) is 5.02 Å². The topological polar surface area (TPSA) is 78.1 Å². The number of hydrogen-bond donors (Lipinski definition) is 2. The van der Waals surface area contributed by atoms with Crippen LogP contribution in [0, 0.1) is 5.92 Å². The summed E-state index contributed by atoms with van der Waals surface area (Å²) in [4.78, 5) is 26.7. The molecule has 6 nitrogen and oxygen atoms in total. The molecule has 2 amide bonds. The molecule has 7 heteroatoms. The van der Waals surface area contributed by atoms with Gasteiger partial charge in [0.25, 0.3) is 0 Å². The van der Waals surface area contributed by atoms with Crippen molar-refractivity contribution in [1.82, 2.24) is 20.4 Å². The van der Waals surface area contributed by atoms with Crippen LogP contribution in [0.25, 0.3) is 0 Å². The van der Waals surface area contributed by atoms with E-state index >= 15 is 0 Å². The molecule has 2 heterocycles. The largest absolute Gasteiger partial charge is 0.350 e. The Morgan fingerprint density at radius 2 is 2.03 bits per heavy atom. The van der Waals surface area contributed by atoms with Gasteiger partial charge in [-0.15, -0.1) is 0 Å². The van der Waals surface area contributed by atoms with E-state index in [1.54, 1.807) is 4.90 Å². The van der Waals surface area contributed by atoms with Gasteiger partial charge in [-0.05, 0) is 36.6 Å². The predicted octanol–water partition coefficient (Wildman–Crippen LogP) is 3.46. The highest BCUT2D eigenvalue weighted by Gasteiger charge is 2.30. The molecule has 1 aliphatic heterocycles. The van der Waals surface area contributed by atoms with Crippen LogP contribution >= 0.6 is 11.6 Å². The number of rotatable bonds is 6. The summed E-state index contributed by atoms with van der Waals surface area (Å²) in [5, 5.41) is 11.0. The first-order chi connectivity index (χ1) is 13.7. The van der Waals surface area contributed by atoms with Gasteiger partial charge in [0.2, 0.25) is 11.8 Å². The van der Waals surface area contributed by atoms with Gasteiger partial charge >= 0.3 is 0 Å². The molecule has 0 unspecified atom stereocenters. The van der Waals surface area contributed by atoms with E-state index in [1.165, 1.54) is 0 Å². The molecular formula is C22H29ClN4O2. The van der Waals surface area contributed by atoms with Crippen LogP contribution in [0.1, 0.15) is 50.6 Å². The number of hydrogen-bond acceptors (Lipinski definition) is 3. The van der Waals surface area contributed by atoms with Crippen molar-refractivity contribution in [3.8, 4) is 0 Å². The Kier molecular flexibility index (Phi) is 6.63. The fourth-order valence-corrected chi connectivity index (χ4v) is 3.55. The van der Waals surface area contributed by atoms with E-state index in [4.69, 9.17) is 11.6 Å². The summed E-state index contributed by atoms with van der Waals surface area (Å²) in [5.41, 5.74) is 2.95. The summed E-state index contributed by atoms with van der Waals surface area (Å²) in [6.07, 6.45) is 1.76. The molecule has 1 aliphatic rings. The first kappa shape index (κ1) is 21.4. The number of amides is 2. The average Bonchev–Trinajstić information content (AvgIpc) is 3.16. The van der Waals surface area contributed by atoms with Gasteiger partial charge in [-0.3, -0.25) is 14.7 Å². The van der Waals surface area contributed by atoms with Gasteiger partial charge in [-0.2, -0.15) is 5.10 Å². The van der Waals surface area contributed by atoms with E-state index in [0.29, 0.717) is 37.5 Å². The Morgan fingerprint density at radius 3 is 2.69 bits per heavy atom. The van der Waals surface area contributed by atoms with E-state index in [0.717, 1.165) is 23.4 Å². The Labute approximate surface area is 177 Å². The zero-order valence-corrected chi connectivity index (χ0v) is 18.1. The summed E-state index contributed by atoms with van der Waals surface area (Å²) in [7, 11) is 0. The lowest BCUT2D eigenvalue weighted by Crippen LogP contribution is -2.46. The molecule has 1 fully saturated rings. The standard InChI is InChI=1S/C22H29ClN4O2/c1-22(2,3)19-12-18(25-26-19)13-24-21(29)16-6-9-20(28)27(14-16)11-10-15-4-7-17(23)8-5-15/h4-5,7-8,12,16H,6,9-11,13-14H2,1-3H3,(H,24,29)(H,25,26)/t16-/m1/s1. The van der Waals surface area contributed by atoms with Gasteiger partial charge in [-0.25, -0.2) is 0 Å². The van der Waals surface area contributed by atoms with Crippen molar-refractivity contribution < 1.29 is 9.59 Å². The molecule has 156 valence electrons. The molecule has 0 spiro atoms. The van der Waals surface area contributed by atoms with Crippen molar-refractivity contribution in [2.45, 2.75) is 52.0 Å². The number of piperidine rings is 1. The van der Waals surface area contributed by atoms with Crippen molar-refractivity contribution in [3.05, 3.63) is 52.3 Å². The molecule has 1 atom stereocenters. The van der Waals surface area contributed by atoms with Crippen molar-refractivity contribution in [2.24, 2.45) is 5.92 Å². The SMILES string of the molecule is CC(C)(C)c1cc(CNC(=O)[C@@H]2CCC(=O)N(CCc3ccc(Cl)cc3)C2)[nH]n1. The van der Waals surface area contributed by atoms with Gasteiger partial charge in [0.15, 0.2) is 0 Å². The maximum atomic E-state index is 12.6. The Morgan fingerprint density at radius 1 is 1.31 bits per heavy atom. The average molecular weight is 417 g/mol. The number of carbonyl (C=O) groups is 2. The molecular weight excluding hydrogens is 388 g/mol. The summed E-state index contributed by atoms with van der Waals surface area (Å²) >= 11 is 5.92. The van der Waals surface area contributed by atoms with Crippen LogP contribution in [0.15, 0.2) is 30.3 Å². The Bertz CT molecular complexity index is 854. The summed E-state index contributed by atoms with van der Waals surface area (Å²) in [6, 6.07) is 9.63. The van der Waals surface area contributed by atoms with Gasteiger partial charge < -0.3 is 10.2 Å². The van der Waals surface area contributed by atoms with Crippen LogP contribution in [-0.2, 0) is 28.0 Å². The maximum Gasteiger partial charge on any atom is 0.225 e. The Hall–Kier alpha value is -2.34. The van der Waals surface area contributed by atoms with Crippen molar-refractivity contribution in [2.75, 3.05) is 13.1 Å². The maximum absolute atomic E-state index is 12.6. The predicted molar refractivity (Wildman–Crippen MR) is 114 cm³/mol. The summed E-state index contributed by atoms with van der Waals surface area (Å²) in [6.45, 7) is 7.79. The fourth-order valence-electron chi connectivity index (χ4n) is 3.42.